The number of benzene rings is 1. The van der Waals surface area contributed by atoms with Crippen LogP contribution in [0.1, 0.15) is 61.7 Å². The molecule has 0 N–H and O–H groups in total. The van der Waals surface area contributed by atoms with Gasteiger partial charge < -0.3 is 14.4 Å². The molecule has 1 unspecified atom stereocenters. The number of fused-ring (bicyclic) bond motifs is 1. The molecule has 1 saturated carbocycles. The summed E-state index contributed by atoms with van der Waals surface area (Å²) in [7, 11) is 1.32. The lowest BCUT2D eigenvalue weighted by Gasteiger charge is -2.28. The van der Waals surface area contributed by atoms with Crippen LogP contribution in [0.2, 0.25) is 0 Å². The Morgan fingerprint density at radius 2 is 2.09 bits per heavy atom. The number of thioether (sulfide) groups is 1. The van der Waals surface area contributed by atoms with Gasteiger partial charge in [-0.3, -0.25) is 14.2 Å². The van der Waals surface area contributed by atoms with E-state index in [1.54, 1.807) is 22.8 Å². The molecule has 8 nitrogen and oxygen atoms in total. The number of nitrogens with zero attached hydrogens (tertiary/aromatic N) is 3. The summed E-state index contributed by atoms with van der Waals surface area (Å²) in [6.45, 7) is 1.09. The number of hydrogen-bond acceptors (Lipinski definition) is 7. The maximum Gasteiger partial charge on any atom is 0.337 e. The summed E-state index contributed by atoms with van der Waals surface area (Å²) in [6, 6.07) is 5.07. The quantitative estimate of drug-likeness (QED) is 0.310. The zero-order chi connectivity index (χ0) is 24.4. The third-order valence-corrected chi connectivity index (χ3v) is 7.79. The predicted octanol–water partition coefficient (Wildman–Crippen LogP) is 3.90. The Labute approximate surface area is 208 Å². The van der Waals surface area contributed by atoms with Gasteiger partial charge in [0, 0.05) is 18.3 Å². The van der Waals surface area contributed by atoms with Crippen LogP contribution in [-0.4, -0.2) is 57.9 Å². The van der Waals surface area contributed by atoms with Crippen LogP contribution in [0, 0.1) is 0 Å². The molecule has 1 aliphatic heterocycles. The molecule has 0 radical (unpaired) electrons. The molecule has 3 aliphatic rings. The highest BCUT2D eigenvalue weighted by atomic mass is 32.2. The highest BCUT2D eigenvalue weighted by molar-refractivity contribution is 7.99. The van der Waals surface area contributed by atoms with Crippen LogP contribution >= 0.6 is 11.8 Å². The number of carbonyl (C=O) groups excluding carboxylic acids is 2. The van der Waals surface area contributed by atoms with Crippen LogP contribution in [-0.2, 0) is 20.8 Å². The summed E-state index contributed by atoms with van der Waals surface area (Å²) < 4.78 is 12.2. The summed E-state index contributed by atoms with van der Waals surface area (Å²) in [5, 5.41) is 0.903. The first-order valence-electron chi connectivity index (χ1n) is 12.4. The molecule has 5 rings (SSSR count). The smallest absolute Gasteiger partial charge is 0.337 e. The number of aromatic nitrogens is 2. The lowest BCUT2D eigenvalue weighted by Crippen LogP contribution is -2.35. The molecule has 0 bridgehead atoms. The number of amides is 1. The Hall–Kier alpha value is -2.65. The van der Waals surface area contributed by atoms with Crippen molar-refractivity contribution >= 4 is 34.5 Å². The van der Waals surface area contributed by atoms with Crippen molar-refractivity contribution < 1.29 is 19.1 Å². The Kier molecular flexibility index (Phi) is 7.24. The van der Waals surface area contributed by atoms with Crippen LogP contribution in [0.3, 0.4) is 0 Å². The number of esters is 1. The standard InChI is InChI=1S/C26H31N3O5S/c1-33-25(32)17-9-12-21-22(14-17)27-26(28(24(21)31)15-20-8-5-13-34-20)35-16-23(30)29(19-10-11-19)18-6-3-2-4-7-18/h6,9,12,14,19-20H,2-5,7-8,10-11,13,15-16H2,1H3. The molecular weight excluding hydrogens is 466 g/mol. The second kappa shape index (κ2) is 10.5. The second-order valence-electron chi connectivity index (χ2n) is 9.39. The molecule has 2 aromatic rings. The van der Waals surface area contributed by atoms with E-state index in [1.165, 1.54) is 25.3 Å². The van der Waals surface area contributed by atoms with Crippen molar-refractivity contribution in [3.63, 3.8) is 0 Å². The maximum absolute atomic E-state index is 13.5. The number of allylic oxidation sites excluding steroid dienone is 2. The van der Waals surface area contributed by atoms with Crippen LogP contribution in [0.5, 0.6) is 0 Å². The van der Waals surface area contributed by atoms with Gasteiger partial charge in [-0.25, -0.2) is 9.78 Å². The third-order valence-electron chi connectivity index (χ3n) is 6.83. The normalized spacial score (nSPS) is 20.0. The summed E-state index contributed by atoms with van der Waals surface area (Å²) in [5.41, 5.74) is 1.71. The second-order valence-corrected chi connectivity index (χ2v) is 10.3. The van der Waals surface area contributed by atoms with E-state index in [1.807, 2.05) is 4.90 Å². The van der Waals surface area contributed by atoms with Crippen molar-refractivity contribution in [1.29, 1.82) is 0 Å². The first-order chi connectivity index (χ1) is 17.0. The molecule has 2 heterocycles. The first-order valence-corrected chi connectivity index (χ1v) is 13.4. The van der Waals surface area contributed by atoms with Crippen molar-refractivity contribution in [2.24, 2.45) is 0 Å². The van der Waals surface area contributed by atoms with Crippen LogP contribution in [0.4, 0.5) is 0 Å². The summed E-state index contributed by atoms with van der Waals surface area (Å²) in [4.78, 5) is 45.6. The Morgan fingerprint density at radius 1 is 1.23 bits per heavy atom. The Morgan fingerprint density at radius 3 is 2.77 bits per heavy atom. The zero-order valence-corrected chi connectivity index (χ0v) is 20.8. The topological polar surface area (TPSA) is 90.7 Å². The van der Waals surface area contributed by atoms with E-state index >= 15 is 0 Å². The molecule has 9 heteroatoms. The van der Waals surface area contributed by atoms with Gasteiger partial charge in [0.1, 0.15) is 0 Å². The minimum Gasteiger partial charge on any atom is -0.465 e. The third kappa shape index (κ3) is 5.30. The first kappa shape index (κ1) is 24.1. The molecule has 0 spiro atoms. The highest BCUT2D eigenvalue weighted by Crippen LogP contribution is 2.34. The SMILES string of the molecule is COC(=O)c1ccc2c(=O)n(CC3CCCO3)c(SCC(=O)N(C3=CCCCC3)C3CC3)nc2c1. The van der Waals surface area contributed by atoms with Crippen LogP contribution in [0.25, 0.3) is 10.9 Å². The fourth-order valence-corrected chi connectivity index (χ4v) is 5.74. The van der Waals surface area contributed by atoms with Crippen molar-refractivity contribution in [1.82, 2.24) is 14.5 Å². The van der Waals surface area contributed by atoms with Gasteiger partial charge in [-0.05, 0) is 69.6 Å². The summed E-state index contributed by atoms with van der Waals surface area (Å²) in [6.07, 6.45) is 10.4. The molecule has 2 aliphatic carbocycles. The number of ether oxygens (including phenoxy) is 2. The lowest BCUT2D eigenvalue weighted by atomic mass is 10.0. The summed E-state index contributed by atoms with van der Waals surface area (Å²) in [5.74, 6) is -0.219. The average molecular weight is 498 g/mol. The van der Waals surface area contributed by atoms with Gasteiger partial charge in [0.25, 0.3) is 5.56 Å². The minimum atomic E-state index is -0.484. The number of methoxy groups -OCH3 is 1. The van der Waals surface area contributed by atoms with Gasteiger partial charge in [0.2, 0.25) is 5.91 Å². The summed E-state index contributed by atoms with van der Waals surface area (Å²) >= 11 is 1.29. The molecule has 1 aromatic heterocycles. The van der Waals surface area contributed by atoms with E-state index in [4.69, 9.17) is 14.5 Å². The maximum atomic E-state index is 13.5. The largest absolute Gasteiger partial charge is 0.465 e. The number of rotatable bonds is 8. The molecule has 1 saturated heterocycles. The fourth-order valence-electron chi connectivity index (χ4n) is 4.88. The molecule has 186 valence electrons. The zero-order valence-electron chi connectivity index (χ0n) is 20.0. The van der Waals surface area contributed by atoms with E-state index in [0.717, 1.165) is 50.6 Å². The fraction of sp³-hybridized carbons (Fsp3) is 0.538. The molecular formula is C26H31N3O5S. The van der Waals surface area contributed by atoms with Crippen molar-refractivity contribution in [3.8, 4) is 0 Å². The Balaban J connectivity index is 1.45. The van der Waals surface area contributed by atoms with Crippen molar-refractivity contribution in [2.75, 3.05) is 19.5 Å². The van der Waals surface area contributed by atoms with Crippen LogP contribution in [0.15, 0.2) is 39.9 Å². The number of carbonyl (C=O) groups is 2. The predicted molar refractivity (Wildman–Crippen MR) is 133 cm³/mol. The van der Waals surface area contributed by atoms with Gasteiger partial charge in [-0.15, -0.1) is 0 Å². The van der Waals surface area contributed by atoms with Gasteiger partial charge in [0.15, 0.2) is 5.16 Å². The minimum absolute atomic E-state index is 0.0494. The van der Waals surface area contributed by atoms with Gasteiger partial charge in [-0.2, -0.15) is 0 Å². The van der Waals surface area contributed by atoms with E-state index < -0.39 is 5.97 Å². The number of hydrogen-bond donors (Lipinski definition) is 0. The molecule has 1 amide bonds. The van der Waals surface area contributed by atoms with E-state index in [2.05, 4.69) is 6.08 Å². The molecule has 2 fully saturated rings. The van der Waals surface area contributed by atoms with Gasteiger partial charge in [0.05, 0.1) is 42.0 Å². The molecule has 1 aromatic carbocycles. The van der Waals surface area contributed by atoms with E-state index in [9.17, 15) is 14.4 Å². The van der Waals surface area contributed by atoms with Crippen molar-refractivity contribution in [2.45, 2.75) is 75.2 Å². The van der Waals surface area contributed by atoms with Crippen LogP contribution < -0.4 is 5.56 Å². The van der Waals surface area contributed by atoms with E-state index in [0.29, 0.717) is 40.8 Å². The van der Waals surface area contributed by atoms with E-state index in [-0.39, 0.29) is 23.3 Å². The van der Waals surface area contributed by atoms with Gasteiger partial charge in [-0.1, -0.05) is 17.8 Å². The Bertz CT molecular complexity index is 1210. The van der Waals surface area contributed by atoms with Crippen molar-refractivity contribution in [3.05, 3.63) is 45.9 Å². The molecule has 35 heavy (non-hydrogen) atoms. The highest BCUT2D eigenvalue weighted by Gasteiger charge is 2.35. The molecule has 1 atom stereocenters. The van der Waals surface area contributed by atoms with Gasteiger partial charge >= 0.3 is 5.97 Å². The monoisotopic (exact) mass is 497 g/mol. The lowest BCUT2D eigenvalue weighted by molar-refractivity contribution is -0.127. The average Bonchev–Trinajstić information content (AvgIpc) is 3.58.